The van der Waals surface area contributed by atoms with E-state index < -0.39 is 0 Å². The molecule has 1 aromatic carbocycles. The Morgan fingerprint density at radius 1 is 1.37 bits per heavy atom. The van der Waals surface area contributed by atoms with Crippen LogP contribution in [0, 0.1) is 0 Å². The summed E-state index contributed by atoms with van der Waals surface area (Å²) >= 11 is 0. The van der Waals surface area contributed by atoms with Crippen molar-refractivity contribution in [3.8, 4) is 5.75 Å². The molecule has 19 heavy (non-hydrogen) atoms. The van der Waals surface area contributed by atoms with Crippen LogP contribution in [0.5, 0.6) is 5.75 Å². The molecule has 0 fully saturated rings. The lowest BCUT2D eigenvalue weighted by Crippen LogP contribution is -2.41. The number of methoxy groups -OCH3 is 1. The van der Waals surface area contributed by atoms with E-state index in [2.05, 4.69) is 49.3 Å². The van der Waals surface area contributed by atoms with Crippen molar-refractivity contribution >= 4 is 0 Å². The number of hydrogen-bond acceptors (Lipinski definition) is 3. The molecule has 2 rings (SSSR count). The van der Waals surface area contributed by atoms with Crippen molar-refractivity contribution in [2.24, 2.45) is 0 Å². The summed E-state index contributed by atoms with van der Waals surface area (Å²) in [7, 11) is 3.97. The summed E-state index contributed by atoms with van der Waals surface area (Å²) in [6.45, 7) is 6.56. The first-order valence-corrected chi connectivity index (χ1v) is 7.31. The van der Waals surface area contributed by atoms with Gasteiger partial charge in [0.05, 0.1) is 7.11 Å². The summed E-state index contributed by atoms with van der Waals surface area (Å²) in [4.78, 5) is 2.49. The second kappa shape index (κ2) is 6.40. The second-order valence-electron chi connectivity index (χ2n) is 5.35. The van der Waals surface area contributed by atoms with Crippen molar-refractivity contribution in [1.82, 2.24) is 10.2 Å². The van der Waals surface area contributed by atoms with Crippen molar-refractivity contribution in [1.29, 1.82) is 0 Å². The number of rotatable bonds is 6. The predicted molar refractivity (Wildman–Crippen MR) is 79.8 cm³/mol. The number of likely N-dealkylation sites (N-methyl/N-ethyl adjacent to an activating group) is 2. The summed E-state index contributed by atoms with van der Waals surface area (Å²) in [5.74, 6) is 0.959. The summed E-state index contributed by atoms with van der Waals surface area (Å²) in [5.41, 5.74) is 2.87. The minimum Gasteiger partial charge on any atom is -0.497 e. The fraction of sp³-hybridized carbons (Fsp3) is 0.625. The Morgan fingerprint density at radius 2 is 2.16 bits per heavy atom. The number of benzene rings is 1. The molecule has 1 N–H and O–H groups in total. The van der Waals surface area contributed by atoms with Crippen LogP contribution in [0.3, 0.4) is 0 Å². The van der Waals surface area contributed by atoms with Crippen LogP contribution < -0.4 is 10.1 Å². The van der Waals surface area contributed by atoms with E-state index in [9.17, 15) is 0 Å². The predicted octanol–water partition coefficient (Wildman–Crippen LogP) is 2.61. The first-order valence-electron chi connectivity index (χ1n) is 7.31. The third-order valence-electron chi connectivity index (χ3n) is 4.07. The highest BCUT2D eigenvalue weighted by atomic mass is 16.5. The number of ether oxygens (including phenoxy) is 1. The van der Waals surface area contributed by atoms with Crippen molar-refractivity contribution in [3.05, 3.63) is 29.3 Å². The molecule has 0 aliphatic heterocycles. The first-order chi connectivity index (χ1) is 9.21. The van der Waals surface area contributed by atoms with Gasteiger partial charge in [-0.2, -0.15) is 0 Å². The molecule has 106 valence electrons. The topological polar surface area (TPSA) is 24.5 Å². The molecule has 0 saturated heterocycles. The molecule has 1 aliphatic carbocycles. The van der Waals surface area contributed by atoms with Crippen LogP contribution in [0.15, 0.2) is 18.2 Å². The summed E-state index contributed by atoms with van der Waals surface area (Å²) in [5, 5.41) is 3.64. The van der Waals surface area contributed by atoms with Crippen LogP contribution in [-0.4, -0.2) is 38.2 Å². The van der Waals surface area contributed by atoms with E-state index in [-0.39, 0.29) is 0 Å². The van der Waals surface area contributed by atoms with E-state index in [1.807, 2.05) is 0 Å². The Morgan fingerprint density at radius 3 is 2.79 bits per heavy atom. The normalized spacial score (nSPS) is 21.7. The Balaban J connectivity index is 2.26. The molecule has 0 aromatic heterocycles. The van der Waals surface area contributed by atoms with Crippen molar-refractivity contribution in [2.75, 3.05) is 27.2 Å². The fourth-order valence-corrected chi connectivity index (χ4v) is 3.12. The van der Waals surface area contributed by atoms with Gasteiger partial charge < -0.3 is 15.0 Å². The van der Waals surface area contributed by atoms with Crippen molar-refractivity contribution < 1.29 is 4.74 Å². The van der Waals surface area contributed by atoms with Gasteiger partial charge in [-0.05, 0) is 56.2 Å². The Hall–Kier alpha value is -1.06. The lowest BCUT2D eigenvalue weighted by Gasteiger charge is -2.30. The van der Waals surface area contributed by atoms with Crippen LogP contribution in [0.1, 0.15) is 37.4 Å². The van der Waals surface area contributed by atoms with E-state index in [1.165, 1.54) is 17.5 Å². The van der Waals surface area contributed by atoms with Crippen LogP contribution in [0.25, 0.3) is 0 Å². The lowest BCUT2D eigenvalue weighted by molar-refractivity contribution is 0.205. The highest BCUT2D eigenvalue weighted by molar-refractivity contribution is 5.42. The molecule has 3 heteroatoms. The van der Waals surface area contributed by atoms with Gasteiger partial charge >= 0.3 is 0 Å². The largest absolute Gasteiger partial charge is 0.497 e. The monoisotopic (exact) mass is 262 g/mol. The molecule has 0 bridgehead atoms. The van der Waals surface area contributed by atoms with Crippen LogP contribution >= 0.6 is 0 Å². The molecule has 0 radical (unpaired) electrons. The number of hydrogen-bond donors (Lipinski definition) is 1. The van der Waals surface area contributed by atoms with E-state index in [1.54, 1.807) is 7.11 Å². The number of fused-ring (bicyclic) bond motifs is 1. The fourth-order valence-electron chi connectivity index (χ4n) is 3.12. The van der Waals surface area contributed by atoms with E-state index in [0.29, 0.717) is 12.1 Å². The molecule has 0 saturated carbocycles. The Kier molecular flexibility index (Phi) is 4.83. The molecular weight excluding hydrogens is 236 g/mol. The Labute approximate surface area is 116 Å². The average molecular weight is 262 g/mol. The minimum atomic E-state index is 0.423. The summed E-state index contributed by atoms with van der Waals surface area (Å²) < 4.78 is 5.37. The molecule has 3 nitrogen and oxygen atoms in total. The maximum absolute atomic E-state index is 5.37. The maximum Gasteiger partial charge on any atom is 0.119 e. The molecule has 1 aromatic rings. The Bertz CT molecular complexity index is 419. The zero-order valence-electron chi connectivity index (χ0n) is 12.6. The van der Waals surface area contributed by atoms with E-state index in [4.69, 9.17) is 4.74 Å². The zero-order valence-corrected chi connectivity index (χ0v) is 12.6. The highest BCUT2D eigenvalue weighted by Gasteiger charge is 2.34. The van der Waals surface area contributed by atoms with Gasteiger partial charge in [-0.1, -0.05) is 19.9 Å². The molecular formula is C16H26N2O. The van der Waals surface area contributed by atoms with E-state index >= 15 is 0 Å². The molecule has 2 unspecified atom stereocenters. The van der Waals surface area contributed by atoms with Gasteiger partial charge in [0.25, 0.3) is 0 Å². The standard InChI is InChI=1S/C16H26N2O/c1-5-9-18(3)15-10-12-7-8-13(19-4)11-14(12)16(15)17-6-2/h7-8,11,15-17H,5-6,9-10H2,1-4H3. The molecule has 0 amide bonds. The highest BCUT2D eigenvalue weighted by Crippen LogP contribution is 2.36. The number of nitrogens with zero attached hydrogens (tertiary/aromatic N) is 1. The van der Waals surface area contributed by atoms with Gasteiger partial charge in [-0.15, -0.1) is 0 Å². The molecule has 0 heterocycles. The summed E-state index contributed by atoms with van der Waals surface area (Å²) in [6, 6.07) is 7.47. The quantitative estimate of drug-likeness (QED) is 0.853. The number of nitrogens with one attached hydrogen (secondary N) is 1. The molecule has 0 spiro atoms. The third kappa shape index (κ3) is 2.93. The van der Waals surface area contributed by atoms with Gasteiger partial charge in [-0.25, -0.2) is 0 Å². The molecule has 2 atom stereocenters. The average Bonchev–Trinajstić information content (AvgIpc) is 2.78. The van der Waals surface area contributed by atoms with Gasteiger partial charge in [-0.3, -0.25) is 0 Å². The zero-order chi connectivity index (χ0) is 13.8. The summed E-state index contributed by atoms with van der Waals surface area (Å²) in [6.07, 6.45) is 2.33. The lowest BCUT2D eigenvalue weighted by atomic mass is 10.1. The van der Waals surface area contributed by atoms with Gasteiger partial charge in [0.1, 0.15) is 5.75 Å². The first kappa shape index (κ1) is 14.4. The van der Waals surface area contributed by atoms with Crippen LogP contribution in [0.2, 0.25) is 0 Å². The van der Waals surface area contributed by atoms with Gasteiger partial charge in [0.2, 0.25) is 0 Å². The van der Waals surface area contributed by atoms with Crippen LogP contribution in [0.4, 0.5) is 0 Å². The second-order valence-corrected chi connectivity index (χ2v) is 5.35. The van der Waals surface area contributed by atoms with Gasteiger partial charge in [0, 0.05) is 12.1 Å². The van der Waals surface area contributed by atoms with Crippen molar-refractivity contribution in [2.45, 2.75) is 38.8 Å². The minimum absolute atomic E-state index is 0.423. The van der Waals surface area contributed by atoms with Crippen LogP contribution in [-0.2, 0) is 6.42 Å². The van der Waals surface area contributed by atoms with Crippen molar-refractivity contribution in [3.63, 3.8) is 0 Å². The van der Waals surface area contributed by atoms with Gasteiger partial charge in [0.15, 0.2) is 0 Å². The third-order valence-corrected chi connectivity index (χ3v) is 4.07. The smallest absolute Gasteiger partial charge is 0.119 e. The van der Waals surface area contributed by atoms with E-state index in [0.717, 1.165) is 25.3 Å². The molecule has 1 aliphatic rings. The maximum atomic E-state index is 5.37. The SMILES string of the molecule is CCCN(C)C1Cc2ccc(OC)cc2C1NCC.